The van der Waals surface area contributed by atoms with E-state index in [2.05, 4.69) is 34.8 Å². The maximum atomic E-state index is 6.01. The maximum Gasteiger partial charge on any atom is 0.141 e. The molecule has 108 valence electrons. The molecule has 2 atom stereocenters. The van der Waals surface area contributed by atoms with Crippen molar-refractivity contribution in [3.8, 4) is 0 Å². The molecule has 1 saturated heterocycles. The Labute approximate surface area is 124 Å². The molecule has 4 nitrogen and oxygen atoms in total. The van der Waals surface area contributed by atoms with Crippen molar-refractivity contribution in [2.24, 2.45) is 11.7 Å². The second kappa shape index (κ2) is 5.66. The second-order valence-corrected chi connectivity index (χ2v) is 6.89. The molecule has 0 aromatic carbocycles. The Hall–Kier alpha value is -1.20. The van der Waals surface area contributed by atoms with Crippen LogP contribution in [0.2, 0.25) is 0 Å². The highest BCUT2D eigenvalue weighted by molar-refractivity contribution is 7.18. The number of piperidine rings is 1. The summed E-state index contributed by atoms with van der Waals surface area (Å²) in [6.07, 6.45) is 5.36. The predicted molar refractivity (Wildman–Crippen MR) is 85.4 cm³/mol. The number of nitrogens with zero attached hydrogens (tertiary/aromatic N) is 3. The highest BCUT2D eigenvalue weighted by atomic mass is 32.1. The molecule has 2 N–H and O–H groups in total. The number of hydrogen-bond donors (Lipinski definition) is 1. The zero-order valence-corrected chi connectivity index (χ0v) is 13.0. The van der Waals surface area contributed by atoms with Crippen LogP contribution in [0.15, 0.2) is 12.4 Å². The Balaban J connectivity index is 1.97. The molecule has 3 rings (SSSR count). The smallest absolute Gasteiger partial charge is 0.141 e. The minimum Gasteiger partial charge on any atom is -0.352 e. The summed E-state index contributed by atoms with van der Waals surface area (Å²) >= 11 is 1.74. The predicted octanol–water partition coefficient (Wildman–Crippen LogP) is 2.95. The van der Waals surface area contributed by atoms with E-state index in [1.54, 1.807) is 17.7 Å². The molecule has 0 spiro atoms. The van der Waals surface area contributed by atoms with Gasteiger partial charge in [0.2, 0.25) is 0 Å². The Bertz CT molecular complexity index is 595. The van der Waals surface area contributed by atoms with Gasteiger partial charge in [0, 0.05) is 24.0 Å². The number of anilines is 1. The van der Waals surface area contributed by atoms with Crippen molar-refractivity contribution in [2.75, 3.05) is 18.0 Å². The van der Waals surface area contributed by atoms with Gasteiger partial charge in [0.15, 0.2) is 0 Å². The van der Waals surface area contributed by atoms with Gasteiger partial charge in [-0.15, -0.1) is 11.3 Å². The van der Waals surface area contributed by atoms with Crippen LogP contribution in [0, 0.1) is 12.8 Å². The number of rotatable bonds is 3. The van der Waals surface area contributed by atoms with Gasteiger partial charge in [-0.05, 0) is 31.7 Å². The Morgan fingerprint density at radius 2 is 2.30 bits per heavy atom. The summed E-state index contributed by atoms with van der Waals surface area (Å²) < 4.78 is 0. The van der Waals surface area contributed by atoms with E-state index >= 15 is 0 Å². The monoisotopic (exact) mass is 290 g/mol. The van der Waals surface area contributed by atoms with E-state index in [4.69, 9.17) is 5.73 Å². The van der Waals surface area contributed by atoms with E-state index in [-0.39, 0.29) is 0 Å². The van der Waals surface area contributed by atoms with Gasteiger partial charge >= 0.3 is 0 Å². The van der Waals surface area contributed by atoms with Crippen LogP contribution in [0.4, 0.5) is 5.82 Å². The SMILES string of the molecule is CCC1CCN(c2ncnc3sc(C)cc23)C(CN)C1. The summed E-state index contributed by atoms with van der Waals surface area (Å²) in [4.78, 5) is 13.7. The third-order valence-corrected chi connectivity index (χ3v) is 5.34. The highest BCUT2D eigenvalue weighted by Crippen LogP contribution is 2.34. The maximum absolute atomic E-state index is 6.01. The molecule has 2 aromatic heterocycles. The number of nitrogens with two attached hydrogens (primary N) is 1. The lowest BCUT2D eigenvalue weighted by Gasteiger charge is -2.39. The van der Waals surface area contributed by atoms with Gasteiger partial charge in [0.25, 0.3) is 0 Å². The number of hydrogen-bond acceptors (Lipinski definition) is 5. The zero-order valence-electron chi connectivity index (χ0n) is 12.2. The molecular formula is C15H22N4S. The van der Waals surface area contributed by atoms with E-state index in [1.807, 2.05) is 0 Å². The van der Waals surface area contributed by atoms with Gasteiger partial charge < -0.3 is 10.6 Å². The summed E-state index contributed by atoms with van der Waals surface area (Å²) in [5.74, 6) is 1.88. The van der Waals surface area contributed by atoms with Crippen LogP contribution < -0.4 is 10.6 Å². The molecule has 5 heteroatoms. The molecule has 0 saturated carbocycles. The van der Waals surface area contributed by atoms with Gasteiger partial charge in [0.1, 0.15) is 17.0 Å². The van der Waals surface area contributed by atoms with Crippen LogP contribution in [0.25, 0.3) is 10.2 Å². The molecule has 0 amide bonds. The normalized spacial score (nSPS) is 23.4. The van der Waals surface area contributed by atoms with Gasteiger partial charge in [-0.2, -0.15) is 0 Å². The van der Waals surface area contributed by atoms with E-state index in [0.29, 0.717) is 12.6 Å². The zero-order chi connectivity index (χ0) is 14.1. The lowest BCUT2D eigenvalue weighted by atomic mass is 9.89. The average Bonchev–Trinajstić information content (AvgIpc) is 2.86. The van der Waals surface area contributed by atoms with Crippen LogP contribution in [0.5, 0.6) is 0 Å². The fraction of sp³-hybridized carbons (Fsp3) is 0.600. The Kier molecular flexibility index (Phi) is 3.89. The Morgan fingerprint density at radius 1 is 1.45 bits per heavy atom. The van der Waals surface area contributed by atoms with Crippen molar-refractivity contribution >= 4 is 27.4 Å². The van der Waals surface area contributed by atoms with Crippen molar-refractivity contribution in [3.05, 3.63) is 17.3 Å². The number of aryl methyl sites for hydroxylation is 1. The van der Waals surface area contributed by atoms with E-state index in [1.165, 1.54) is 29.5 Å². The molecule has 0 aliphatic carbocycles. The molecule has 2 unspecified atom stereocenters. The van der Waals surface area contributed by atoms with Crippen LogP contribution in [0.3, 0.4) is 0 Å². The summed E-state index contributed by atoms with van der Waals surface area (Å²) in [6.45, 7) is 6.16. The topological polar surface area (TPSA) is 55.0 Å². The highest BCUT2D eigenvalue weighted by Gasteiger charge is 2.28. The molecule has 1 aliphatic rings. The first-order valence-corrected chi connectivity index (χ1v) is 8.22. The molecule has 1 fully saturated rings. The first-order valence-electron chi connectivity index (χ1n) is 7.40. The molecule has 2 aromatic rings. The average molecular weight is 290 g/mol. The number of thiophene rings is 1. The van der Waals surface area contributed by atoms with Crippen molar-refractivity contribution in [1.82, 2.24) is 9.97 Å². The molecule has 20 heavy (non-hydrogen) atoms. The first kappa shape index (κ1) is 13.8. The van der Waals surface area contributed by atoms with Crippen molar-refractivity contribution < 1.29 is 0 Å². The quantitative estimate of drug-likeness (QED) is 0.944. The van der Waals surface area contributed by atoms with E-state index in [0.717, 1.165) is 23.1 Å². The van der Waals surface area contributed by atoms with Gasteiger partial charge in [-0.1, -0.05) is 13.3 Å². The third-order valence-electron chi connectivity index (χ3n) is 4.38. The van der Waals surface area contributed by atoms with Crippen molar-refractivity contribution in [3.63, 3.8) is 0 Å². The second-order valence-electron chi connectivity index (χ2n) is 5.65. The first-order chi connectivity index (χ1) is 9.72. The summed E-state index contributed by atoms with van der Waals surface area (Å²) in [7, 11) is 0. The van der Waals surface area contributed by atoms with E-state index in [9.17, 15) is 0 Å². The van der Waals surface area contributed by atoms with Gasteiger partial charge in [-0.25, -0.2) is 9.97 Å². The minimum atomic E-state index is 0.409. The standard InChI is InChI=1S/C15H22N4S/c1-3-11-4-5-19(12(7-11)8-16)14-13-6-10(2)20-15(13)18-9-17-14/h6,9,11-12H,3-5,7-8,16H2,1-2H3. The molecule has 0 radical (unpaired) electrons. The van der Waals surface area contributed by atoms with Crippen LogP contribution in [0.1, 0.15) is 31.1 Å². The van der Waals surface area contributed by atoms with Crippen molar-refractivity contribution in [2.45, 2.75) is 39.2 Å². The number of fused-ring (bicyclic) bond motifs is 1. The van der Waals surface area contributed by atoms with Crippen LogP contribution >= 0.6 is 11.3 Å². The van der Waals surface area contributed by atoms with Crippen LogP contribution in [-0.4, -0.2) is 29.1 Å². The largest absolute Gasteiger partial charge is 0.352 e. The molecule has 3 heterocycles. The van der Waals surface area contributed by atoms with E-state index < -0.39 is 0 Å². The minimum absolute atomic E-state index is 0.409. The summed E-state index contributed by atoms with van der Waals surface area (Å²) in [6, 6.07) is 2.61. The lowest BCUT2D eigenvalue weighted by Crippen LogP contribution is -2.47. The molecule has 0 bridgehead atoms. The van der Waals surface area contributed by atoms with Crippen LogP contribution in [-0.2, 0) is 0 Å². The fourth-order valence-corrected chi connectivity index (χ4v) is 4.04. The Morgan fingerprint density at radius 3 is 3.05 bits per heavy atom. The lowest BCUT2D eigenvalue weighted by molar-refractivity contribution is 0.335. The van der Waals surface area contributed by atoms with Gasteiger partial charge in [0.05, 0.1) is 5.39 Å². The molecule has 1 aliphatic heterocycles. The van der Waals surface area contributed by atoms with Gasteiger partial charge in [-0.3, -0.25) is 0 Å². The summed E-state index contributed by atoms with van der Waals surface area (Å²) in [5, 5.41) is 1.18. The summed E-state index contributed by atoms with van der Waals surface area (Å²) in [5.41, 5.74) is 6.01. The number of aromatic nitrogens is 2. The third kappa shape index (κ3) is 2.40. The van der Waals surface area contributed by atoms with Crippen molar-refractivity contribution in [1.29, 1.82) is 0 Å². The fourth-order valence-electron chi connectivity index (χ4n) is 3.20. The molecular weight excluding hydrogens is 268 g/mol.